The number of halogens is 4. The molecule has 6 nitrogen and oxygen atoms in total. The molecule has 0 radical (unpaired) electrons. The highest BCUT2D eigenvalue weighted by Crippen LogP contribution is 2.34. The number of nitrogens with zero attached hydrogens (tertiary/aromatic N) is 2. The van der Waals surface area contributed by atoms with Gasteiger partial charge in [-0.25, -0.2) is 9.07 Å². The van der Waals surface area contributed by atoms with Crippen LogP contribution in [0.3, 0.4) is 0 Å². The zero-order valence-electron chi connectivity index (χ0n) is 18.8. The monoisotopic (exact) mass is 499 g/mol. The molecule has 0 unspecified atom stereocenters. The Bertz CT molecular complexity index is 1320. The van der Waals surface area contributed by atoms with Crippen molar-refractivity contribution >= 4 is 11.6 Å². The number of nitrogens with one attached hydrogen (secondary N) is 1. The van der Waals surface area contributed by atoms with Gasteiger partial charge in [0.15, 0.2) is 5.69 Å². The number of amides is 1. The van der Waals surface area contributed by atoms with E-state index in [4.69, 9.17) is 9.47 Å². The Morgan fingerprint density at radius 3 is 2.44 bits per heavy atom. The van der Waals surface area contributed by atoms with Gasteiger partial charge in [0, 0.05) is 5.69 Å². The second-order valence-corrected chi connectivity index (χ2v) is 7.64. The van der Waals surface area contributed by atoms with E-state index in [-0.39, 0.29) is 12.3 Å². The van der Waals surface area contributed by atoms with Gasteiger partial charge < -0.3 is 14.8 Å². The molecule has 186 valence electrons. The van der Waals surface area contributed by atoms with Crippen LogP contribution in [0.5, 0.6) is 5.75 Å². The quantitative estimate of drug-likeness (QED) is 0.231. The highest BCUT2D eigenvalue weighted by molar-refractivity contribution is 6.05. The van der Waals surface area contributed by atoms with E-state index in [0.717, 1.165) is 24.1 Å². The van der Waals surface area contributed by atoms with Crippen LogP contribution in [0.15, 0.2) is 85.1 Å². The van der Waals surface area contributed by atoms with Gasteiger partial charge in [0.05, 0.1) is 25.0 Å². The van der Waals surface area contributed by atoms with Crippen molar-refractivity contribution in [2.45, 2.75) is 12.8 Å². The van der Waals surface area contributed by atoms with Crippen LogP contribution in [0.25, 0.3) is 5.69 Å². The van der Waals surface area contributed by atoms with Crippen molar-refractivity contribution < 1.29 is 31.8 Å². The van der Waals surface area contributed by atoms with Crippen molar-refractivity contribution in [1.29, 1.82) is 0 Å². The van der Waals surface area contributed by atoms with Crippen LogP contribution in [0.4, 0.5) is 23.2 Å². The fraction of sp³-hybridized carbons (Fsp3) is 0.154. The normalized spacial score (nSPS) is 11.3. The van der Waals surface area contributed by atoms with Gasteiger partial charge in [0.1, 0.15) is 23.9 Å². The Morgan fingerprint density at radius 2 is 1.69 bits per heavy atom. The van der Waals surface area contributed by atoms with Gasteiger partial charge in [-0.3, -0.25) is 4.79 Å². The molecular formula is C26H21F4N3O3. The Hall–Kier alpha value is -4.18. The summed E-state index contributed by atoms with van der Waals surface area (Å²) < 4.78 is 67.2. The number of aromatic nitrogens is 2. The van der Waals surface area contributed by atoms with Crippen LogP contribution in [0, 0.1) is 5.82 Å². The van der Waals surface area contributed by atoms with Gasteiger partial charge in [0.25, 0.3) is 5.91 Å². The van der Waals surface area contributed by atoms with E-state index in [9.17, 15) is 22.4 Å². The average molecular weight is 499 g/mol. The zero-order chi connectivity index (χ0) is 25.5. The summed E-state index contributed by atoms with van der Waals surface area (Å²) in [4.78, 5) is 12.8. The molecule has 0 aliphatic heterocycles. The summed E-state index contributed by atoms with van der Waals surface area (Å²) in [6.45, 7) is 0.864. The van der Waals surface area contributed by atoms with Gasteiger partial charge in [0.2, 0.25) is 0 Å². The van der Waals surface area contributed by atoms with Crippen LogP contribution >= 0.6 is 0 Å². The largest absolute Gasteiger partial charge is 0.491 e. The maximum atomic E-state index is 14.1. The third-order valence-electron chi connectivity index (χ3n) is 5.06. The first kappa shape index (κ1) is 24.9. The summed E-state index contributed by atoms with van der Waals surface area (Å²) in [5.74, 6) is -1.21. The van der Waals surface area contributed by atoms with Crippen LogP contribution < -0.4 is 10.1 Å². The molecular weight excluding hydrogens is 478 g/mol. The molecule has 4 rings (SSSR count). The molecule has 0 atom stereocenters. The van der Waals surface area contributed by atoms with Gasteiger partial charge in [-0.1, -0.05) is 42.5 Å². The van der Waals surface area contributed by atoms with E-state index in [1.807, 2.05) is 30.3 Å². The standard InChI is InChI=1S/C26H21F4N3O3/c27-22-11-4-5-12-23(22)33-24(26(28,29)30)21(16-31-33)25(34)32-19-8-6-7-18(15-19)17-35-13-14-36-20-9-2-1-3-10-20/h1-12,15-16H,13-14,17H2,(H,32,34). The Labute approximate surface area is 204 Å². The van der Waals surface area contributed by atoms with E-state index < -0.39 is 34.8 Å². The maximum Gasteiger partial charge on any atom is 0.434 e. The molecule has 0 bridgehead atoms. The predicted molar refractivity (Wildman–Crippen MR) is 125 cm³/mol. The van der Waals surface area contributed by atoms with Crippen molar-refractivity contribution in [3.05, 3.63) is 108 Å². The minimum absolute atomic E-state index is 0.209. The summed E-state index contributed by atoms with van der Waals surface area (Å²) in [5.41, 5.74) is -1.55. The minimum Gasteiger partial charge on any atom is -0.491 e. The molecule has 36 heavy (non-hydrogen) atoms. The number of hydrogen-bond donors (Lipinski definition) is 1. The van der Waals surface area contributed by atoms with E-state index in [1.54, 1.807) is 18.2 Å². The van der Waals surface area contributed by atoms with E-state index >= 15 is 0 Å². The third kappa shape index (κ3) is 6.08. The second kappa shape index (κ2) is 11.0. The lowest BCUT2D eigenvalue weighted by molar-refractivity contribution is -0.143. The summed E-state index contributed by atoms with van der Waals surface area (Å²) in [7, 11) is 0. The lowest BCUT2D eigenvalue weighted by Crippen LogP contribution is -2.21. The summed E-state index contributed by atoms with van der Waals surface area (Å²) in [5, 5.41) is 6.09. The van der Waals surface area contributed by atoms with E-state index in [2.05, 4.69) is 10.4 Å². The van der Waals surface area contributed by atoms with Crippen molar-refractivity contribution in [2.24, 2.45) is 0 Å². The second-order valence-electron chi connectivity index (χ2n) is 7.64. The average Bonchev–Trinajstić information content (AvgIpc) is 3.31. The van der Waals surface area contributed by atoms with Gasteiger partial charge in [-0.15, -0.1) is 0 Å². The fourth-order valence-electron chi connectivity index (χ4n) is 3.46. The molecule has 0 saturated carbocycles. The topological polar surface area (TPSA) is 65.4 Å². The summed E-state index contributed by atoms with van der Waals surface area (Å²) in [6.07, 6.45) is -4.19. The molecule has 0 aliphatic carbocycles. The number of para-hydroxylation sites is 2. The van der Waals surface area contributed by atoms with Crippen molar-refractivity contribution in [3.8, 4) is 11.4 Å². The van der Waals surface area contributed by atoms with Crippen LogP contribution in [0.2, 0.25) is 0 Å². The SMILES string of the molecule is O=C(Nc1cccc(COCCOc2ccccc2)c1)c1cnn(-c2ccccc2F)c1C(F)(F)F. The molecule has 1 N–H and O–H groups in total. The van der Waals surface area contributed by atoms with Gasteiger partial charge in [-0.05, 0) is 42.0 Å². The maximum absolute atomic E-state index is 14.1. The number of anilines is 1. The zero-order valence-corrected chi connectivity index (χ0v) is 18.8. The number of rotatable bonds is 9. The number of benzene rings is 3. The van der Waals surface area contributed by atoms with E-state index in [0.29, 0.717) is 23.5 Å². The van der Waals surface area contributed by atoms with Crippen molar-refractivity contribution in [1.82, 2.24) is 9.78 Å². The van der Waals surface area contributed by atoms with Crippen molar-refractivity contribution in [2.75, 3.05) is 18.5 Å². The Kier molecular flexibility index (Phi) is 7.65. The smallest absolute Gasteiger partial charge is 0.434 e. The molecule has 0 aliphatic rings. The highest BCUT2D eigenvalue weighted by Gasteiger charge is 2.41. The highest BCUT2D eigenvalue weighted by atomic mass is 19.4. The molecule has 3 aromatic carbocycles. The molecule has 0 saturated heterocycles. The third-order valence-corrected chi connectivity index (χ3v) is 5.06. The minimum atomic E-state index is -4.96. The van der Waals surface area contributed by atoms with Gasteiger partial charge in [-0.2, -0.15) is 18.3 Å². The van der Waals surface area contributed by atoms with Crippen molar-refractivity contribution in [3.63, 3.8) is 0 Å². The first-order chi connectivity index (χ1) is 17.3. The molecule has 10 heteroatoms. The number of hydrogen-bond acceptors (Lipinski definition) is 4. The molecule has 1 aromatic heterocycles. The predicted octanol–water partition coefficient (Wildman–Crippen LogP) is 5.88. The fourth-order valence-corrected chi connectivity index (χ4v) is 3.46. The molecule has 1 heterocycles. The molecule has 4 aromatic rings. The Morgan fingerprint density at radius 1 is 0.944 bits per heavy atom. The number of carbonyl (C=O) groups is 1. The number of carbonyl (C=O) groups excluding carboxylic acids is 1. The van der Waals surface area contributed by atoms with Crippen LogP contribution in [0.1, 0.15) is 21.6 Å². The lowest BCUT2D eigenvalue weighted by atomic mass is 10.2. The molecule has 1 amide bonds. The number of alkyl halides is 3. The number of ether oxygens (including phenoxy) is 2. The van der Waals surface area contributed by atoms with Crippen LogP contribution in [-0.2, 0) is 17.5 Å². The van der Waals surface area contributed by atoms with Gasteiger partial charge >= 0.3 is 6.18 Å². The first-order valence-corrected chi connectivity index (χ1v) is 10.9. The molecule has 0 fully saturated rings. The molecule has 0 spiro atoms. The lowest BCUT2D eigenvalue weighted by Gasteiger charge is -2.13. The van der Waals surface area contributed by atoms with Crippen LogP contribution in [-0.4, -0.2) is 28.9 Å². The Balaban J connectivity index is 1.42. The summed E-state index contributed by atoms with van der Waals surface area (Å²) in [6, 6.07) is 20.7. The summed E-state index contributed by atoms with van der Waals surface area (Å²) >= 11 is 0. The first-order valence-electron chi connectivity index (χ1n) is 10.9. The van der Waals surface area contributed by atoms with E-state index in [1.165, 1.54) is 18.2 Å².